The van der Waals surface area contributed by atoms with Crippen molar-refractivity contribution in [3.05, 3.63) is 16.7 Å². The van der Waals surface area contributed by atoms with Gasteiger partial charge in [0.1, 0.15) is 12.2 Å². The van der Waals surface area contributed by atoms with E-state index in [1.54, 1.807) is 0 Å². The Kier molecular flexibility index (Phi) is 3.45. The van der Waals surface area contributed by atoms with E-state index < -0.39 is 35.8 Å². The van der Waals surface area contributed by atoms with Crippen LogP contribution in [0.15, 0.2) is 11.1 Å². The second-order valence-corrected chi connectivity index (χ2v) is 5.16. The molecule has 2 aromatic rings. The lowest BCUT2D eigenvalue weighted by molar-refractivity contribution is -0.139. The number of aromatic amines is 1. The van der Waals surface area contributed by atoms with Gasteiger partial charge < -0.3 is 25.4 Å². The van der Waals surface area contributed by atoms with Gasteiger partial charge in [-0.1, -0.05) is 5.21 Å². The number of nitrogens with zero attached hydrogens (tertiary/aromatic N) is 4. The molecule has 0 saturated heterocycles. The average molecular weight is 297 g/mol. The van der Waals surface area contributed by atoms with Crippen LogP contribution in [0.5, 0.6) is 0 Å². The summed E-state index contributed by atoms with van der Waals surface area (Å²) < 4.78 is 1.24. The van der Waals surface area contributed by atoms with E-state index in [1.807, 2.05) is 0 Å². The fraction of sp³-hybridized carbons (Fsp3) is 0.636. The largest absolute Gasteiger partial charge is 0.396 e. The summed E-state index contributed by atoms with van der Waals surface area (Å²) in [5.41, 5.74) is -0.273. The first-order valence-electron chi connectivity index (χ1n) is 6.48. The maximum absolute atomic E-state index is 11.6. The first-order valence-corrected chi connectivity index (χ1v) is 6.48. The zero-order valence-electron chi connectivity index (χ0n) is 10.9. The van der Waals surface area contributed by atoms with Crippen molar-refractivity contribution in [3.8, 4) is 0 Å². The highest BCUT2D eigenvalue weighted by Gasteiger charge is 2.44. The van der Waals surface area contributed by atoms with E-state index in [4.69, 9.17) is 0 Å². The topological polar surface area (TPSA) is 157 Å². The van der Waals surface area contributed by atoms with Gasteiger partial charge in [-0.15, -0.1) is 5.10 Å². The van der Waals surface area contributed by atoms with E-state index in [-0.39, 0.29) is 24.2 Å². The molecular weight excluding hydrogens is 282 g/mol. The molecule has 21 heavy (non-hydrogen) atoms. The van der Waals surface area contributed by atoms with Gasteiger partial charge in [0.05, 0.1) is 18.5 Å². The van der Waals surface area contributed by atoms with E-state index in [0.29, 0.717) is 0 Å². The van der Waals surface area contributed by atoms with E-state index in [2.05, 4.69) is 20.3 Å². The van der Waals surface area contributed by atoms with Crippen LogP contribution in [-0.4, -0.2) is 70.3 Å². The van der Waals surface area contributed by atoms with Crippen LogP contribution in [-0.2, 0) is 0 Å². The van der Waals surface area contributed by atoms with Gasteiger partial charge in [0.25, 0.3) is 5.56 Å². The van der Waals surface area contributed by atoms with E-state index in [1.165, 1.54) is 11.0 Å². The third-order valence-corrected chi connectivity index (χ3v) is 3.94. The summed E-state index contributed by atoms with van der Waals surface area (Å²) in [6, 6.07) is -0.750. The van der Waals surface area contributed by atoms with E-state index in [0.717, 1.165) is 0 Å². The maximum atomic E-state index is 11.6. The second-order valence-electron chi connectivity index (χ2n) is 5.16. The molecule has 10 nitrogen and oxygen atoms in total. The molecule has 3 rings (SSSR count). The molecule has 0 bridgehead atoms. The van der Waals surface area contributed by atoms with Crippen molar-refractivity contribution in [3.63, 3.8) is 0 Å². The number of nitrogens with one attached hydrogen (secondary N) is 1. The number of rotatable bonds is 2. The van der Waals surface area contributed by atoms with Crippen molar-refractivity contribution in [1.82, 2.24) is 25.0 Å². The highest BCUT2D eigenvalue weighted by molar-refractivity contribution is 5.67. The summed E-state index contributed by atoms with van der Waals surface area (Å²) in [7, 11) is 0. The number of hydrogen-bond acceptors (Lipinski definition) is 8. The molecule has 1 saturated carbocycles. The quantitative estimate of drug-likeness (QED) is 0.396. The van der Waals surface area contributed by atoms with Gasteiger partial charge in [0, 0.05) is 12.5 Å². The molecule has 1 aliphatic rings. The van der Waals surface area contributed by atoms with Crippen molar-refractivity contribution in [1.29, 1.82) is 0 Å². The molecule has 2 heterocycles. The Morgan fingerprint density at radius 2 is 2.05 bits per heavy atom. The lowest BCUT2D eigenvalue weighted by Crippen LogP contribution is -2.52. The normalized spacial score (nSPS) is 33.4. The van der Waals surface area contributed by atoms with Gasteiger partial charge in [-0.3, -0.25) is 4.79 Å². The molecule has 5 N–H and O–H groups in total. The van der Waals surface area contributed by atoms with Gasteiger partial charge in [0.2, 0.25) is 0 Å². The van der Waals surface area contributed by atoms with Crippen molar-refractivity contribution in [2.45, 2.75) is 30.8 Å². The monoisotopic (exact) mass is 297 g/mol. The Morgan fingerprint density at radius 3 is 2.76 bits per heavy atom. The van der Waals surface area contributed by atoms with Crippen LogP contribution >= 0.6 is 0 Å². The van der Waals surface area contributed by atoms with Gasteiger partial charge >= 0.3 is 0 Å². The van der Waals surface area contributed by atoms with E-state index in [9.17, 15) is 25.2 Å². The smallest absolute Gasteiger partial charge is 0.280 e. The third-order valence-electron chi connectivity index (χ3n) is 3.94. The third kappa shape index (κ3) is 2.12. The van der Waals surface area contributed by atoms with Crippen LogP contribution in [0.25, 0.3) is 11.2 Å². The molecule has 1 fully saturated rings. The summed E-state index contributed by atoms with van der Waals surface area (Å²) in [6.07, 6.45) is -2.61. The molecule has 0 amide bonds. The molecule has 10 heteroatoms. The predicted octanol–water partition coefficient (Wildman–Crippen LogP) is -2.85. The van der Waals surface area contributed by atoms with Gasteiger partial charge in [-0.25, -0.2) is 9.67 Å². The number of fused-ring (bicyclic) bond motifs is 1. The fourth-order valence-corrected chi connectivity index (χ4v) is 2.72. The van der Waals surface area contributed by atoms with Gasteiger partial charge in [0.15, 0.2) is 11.2 Å². The standard InChI is InChI=1S/C11H15N5O5/c17-2-4-1-5(8(19)9(20)7(4)18)16-10-6(14-15-16)11(21)13-3-12-10/h3-5,7-9,17-20H,1-2H2,(H,12,13,21)/t4-,5+,7-,8-,9+/m1/s1. The van der Waals surface area contributed by atoms with Crippen molar-refractivity contribution in [2.75, 3.05) is 6.61 Å². The summed E-state index contributed by atoms with van der Waals surface area (Å²) in [4.78, 5) is 17.9. The molecule has 0 aliphatic heterocycles. The lowest BCUT2D eigenvalue weighted by Gasteiger charge is -2.39. The maximum Gasteiger partial charge on any atom is 0.280 e. The zero-order chi connectivity index (χ0) is 15.1. The Morgan fingerprint density at radius 1 is 1.29 bits per heavy atom. The Bertz CT molecular complexity index is 698. The molecule has 1 aliphatic carbocycles. The highest BCUT2D eigenvalue weighted by Crippen LogP contribution is 2.33. The van der Waals surface area contributed by atoms with Crippen molar-refractivity contribution in [2.24, 2.45) is 5.92 Å². The molecule has 2 aromatic heterocycles. The SMILES string of the molecule is O=c1[nH]cnc2c1nnn2[C@H]1C[C@H](CO)[C@@H](O)[C@H](O)[C@@H]1O. The number of hydrogen-bond donors (Lipinski definition) is 5. The summed E-state index contributed by atoms with van der Waals surface area (Å²) in [6.45, 7) is -0.345. The molecule has 0 unspecified atom stereocenters. The first-order chi connectivity index (χ1) is 10.0. The summed E-state index contributed by atoms with van der Waals surface area (Å²) in [5.74, 6) is -0.616. The lowest BCUT2D eigenvalue weighted by atomic mass is 9.80. The minimum absolute atomic E-state index is 0.0193. The molecule has 114 valence electrons. The number of aliphatic hydroxyl groups is 4. The van der Waals surface area contributed by atoms with Crippen LogP contribution in [0, 0.1) is 5.92 Å². The van der Waals surface area contributed by atoms with Crippen molar-refractivity contribution >= 4 is 11.2 Å². The molecule has 0 radical (unpaired) electrons. The van der Waals surface area contributed by atoms with Crippen LogP contribution in [0.3, 0.4) is 0 Å². The Labute approximate surface area is 117 Å². The zero-order valence-corrected chi connectivity index (χ0v) is 10.9. The number of H-pyrrole nitrogens is 1. The first kappa shape index (κ1) is 14.1. The van der Waals surface area contributed by atoms with Crippen LogP contribution in [0.2, 0.25) is 0 Å². The molecule has 0 aromatic carbocycles. The highest BCUT2D eigenvalue weighted by atomic mass is 16.4. The van der Waals surface area contributed by atoms with E-state index >= 15 is 0 Å². The van der Waals surface area contributed by atoms with Gasteiger partial charge in [-0.05, 0) is 6.42 Å². The second kappa shape index (κ2) is 5.15. The summed E-state index contributed by atoms with van der Waals surface area (Å²) in [5, 5.41) is 46.6. The van der Waals surface area contributed by atoms with Gasteiger partial charge in [-0.2, -0.15) is 0 Å². The summed E-state index contributed by atoms with van der Waals surface area (Å²) >= 11 is 0. The molecule has 0 spiro atoms. The minimum atomic E-state index is -1.43. The fourth-order valence-electron chi connectivity index (χ4n) is 2.72. The average Bonchev–Trinajstić information content (AvgIpc) is 2.91. The predicted molar refractivity (Wildman–Crippen MR) is 68.2 cm³/mol. The Hall–Kier alpha value is -1.88. The molecule has 5 atom stereocenters. The number of aliphatic hydroxyl groups excluding tert-OH is 4. The molecular formula is C11H15N5O5. The minimum Gasteiger partial charge on any atom is -0.396 e. The van der Waals surface area contributed by atoms with Crippen molar-refractivity contribution < 1.29 is 20.4 Å². The number of aromatic nitrogens is 5. The Balaban J connectivity index is 2.05. The van der Waals surface area contributed by atoms with Crippen LogP contribution in [0.1, 0.15) is 12.5 Å². The van der Waals surface area contributed by atoms with Crippen LogP contribution < -0.4 is 5.56 Å². The van der Waals surface area contributed by atoms with Crippen LogP contribution in [0.4, 0.5) is 0 Å².